The molecule has 11 heteroatoms. The number of halogens is 1. The Balaban J connectivity index is 1.83. The third kappa shape index (κ3) is 5.30. The lowest BCUT2D eigenvalue weighted by Gasteiger charge is -2.31. The Morgan fingerprint density at radius 3 is 2.82 bits per heavy atom. The maximum absolute atomic E-state index is 13.3. The zero-order chi connectivity index (χ0) is 24.1. The topological polar surface area (TPSA) is 125 Å². The molecule has 0 bridgehead atoms. The SMILES string of the molecule is CCC(C)C(NC(=O)COCCF)C(=O)N[C@H]1C(=O)N2C3=C1CSC=CC3=CC[C@H]2C(=O)O. The molecular weight excluding hydrogens is 453 g/mol. The van der Waals surface area contributed by atoms with E-state index in [1.54, 1.807) is 13.0 Å². The predicted octanol–water partition coefficient (Wildman–Crippen LogP) is 1.13. The van der Waals surface area contributed by atoms with Crippen molar-refractivity contribution < 1.29 is 33.4 Å². The van der Waals surface area contributed by atoms with Crippen molar-refractivity contribution in [2.45, 2.75) is 44.8 Å². The summed E-state index contributed by atoms with van der Waals surface area (Å²) in [4.78, 5) is 51.8. The number of rotatable bonds is 10. The van der Waals surface area contributed by atoms with E-state index in [2.05, 4.69) is 10.6 Å². The lowest BCUT2D eigenvalue weighted by Crippen LogP contribution is -2.56. The molecule has 3 aliphatic heterocycles. The molecule has 0 spiro atoms. The summed E-state index contributed by atoms with van der Waals surface area (Å²) >= 11 is 1.45. The zero-order valence-corrected chi connectivity index (χ0v) is 19.3. The van der Waals surface area contributed by atoms with E-state index in [-0.39, 0.29) is 25.6 Å². The number of hydrogen-bond acceptors (Lipinski definition) is 6. The summed E-state index contributed by atoms with van der Waals surface area (Å²) in [5.74, 6) is -2.56. The minimum absolute atomic E-state index is 0.174. The van der Waals surface area contributed by atoms with E-state index >= 15 is 0 Å². The number of hydrogen-bond donors (Lipinski definition) is 3. The van der Waals surface area contributed by atoms with E-state index < -0.39 is 48.5 Å². The molecule has 2 unspecified atom stereocenters. The lowest BCUT2D eigenvalue weighted by molar-refractivity contribution is -0.148. The van der Waals surface area contributed by atoms with Crippen LogP contribution < -0.4 is 10.6 Å². The number of carboxylic acid groups (broad SMARTS) is 1. The van der Waals surface area contributed by atoms with Crippen molar-refractivity contribution in [2.24, 2.45) is 5.92 Å². The molecule has 3 N–H and O–H groups in total. The summed E-state index contributed by atoms with van der Waals surface area (Å²) in [5.41, 5.74) is 1.93. The normalized spacial score (nSPS) is 23.4. The molecule has 9 nitrogen and oxygen atoms in total. The number of thioether (sulfide) groups is 1. The second-order valence-electron chi connectivity index (χ2n) is 8.06. The van der Waals surface area contributed by atoms with Crippen LogP contribution in [0.25, 0.3) is 0 Å². The van der Waals surface area contributed by atoms with Crippen molar-refractivity contribution in [1.82, 2.24) is 15.5 Å². The van der Waals surface area contributed by atoms with Crippen molar-refractivity contribution in [3.05, 3.63) is 34.4 Å². The first-order valence-electron chi connectivity index (χ1n) is 10.8. The molecule has 3 amide bonds. The van der Waals surface area contributed by atoms with Crippen molar-refractivity contribution in [1.29, 1.82) is 0 Å². The molecule has 4 atom stereocenters. The van der Waals surface area contributed by atoms with Crippen LogP contribution in [0, 0.1) is 5.92 Å². The van der Waals surface area contributed by atoms with Gasteiger partial charge in [0, 0.05) is 5.75 Å². The van der Waals surface area contributed by atoms with Gasteiger partial charge in [-0.05, 0) is 35.0 Å². The van der Waals surface area contributed by atoms with Crippen LogP contribution in [0.3, 0.4) is 0 Å². The van der Waals surface area contributed by atoms with Crippen molar-refractivity contribution >= 4 is 35.5 Å². The first-order chi connectivity index (χ1) is 15.8. The van der Waals surface area contributed by atoms with Crippen LogP contribution in [-0.2, 0) is 23.9 Å². The van der Waals surface area contributed by atoms with Gasteiger partial charge < -0.3 is 20.5 Å². The quantitative estimate of drug-likeness (QED) is 0.400. The molecule has 0 saturated carbocycles. The fourth-order valence-corrected chi connectivity index (χ4v) is 4.87. The molecular formula is C22H28FN3O6S. The molecule has 0 radical (unpaired) electrons. The van der Waals surface area contributed by atoms with Crippen LogP contribution in [-0.4, -0.2) is 77.5 Å². The molecule has 0 aliphatic carbocycles. The Labute approximate surface area is 195 Å². The van der Waals surface area contributed by atoms with Gasteiger partial charge in [0.05, 0.1) is 12.3 Å². The van der Waals surface area contributed by atoms with Gasteiger partial charge in [-0.25, -0.2) is 9.18 Å². The number of ether oxygens (including phenoxy) is 1. The van der Waals surface area contributed by atoms with E-state index in [9.17, 15) is 28.7 Å². The first kappa shape index (κ1) is 25.0. The number of carbonyl (C=O) groups excluding carboxylic acids is 3. The van der Waals surface area contributed by atoms with Crippen LogP contribution >= 0.6 is 11.8 Å². The Kier molecular flexibility index (Phi) is 8.30. The molecule has 180 valence electrons. The largest absolute Gasteiger partial charge is 0.480 e. The number of alkyl halides is 1. The summed E-state index contributed by atoms with van der Waals surface area (Å²) in [7, 11) is 0. The zero-order valence-electron chi connectivity index (χ0n) is 18.5. The van der Waals surface area contributed by atoms with Crippen LogP contribution in [0.15, 0.2) is 34.4 Å². The Hall–Kier alpha value is -2.66. The van der Waals surface area contributed by atoms with Crippen molar-refractivity contribution in [3.8, 4) is 0 Å². The predicted molar refractivity (Wildman–Crippen MR) is 120 cm³/mol. The molecule has 0 aromatic carbocycles. The van der Waals surface area contributed by atoms with Crippen LogP contribution in [0.5, 0.6) is 0 Å². The lowest BCUT2D eigenvalue weighted by atomic mass is 9.97. The maximum Gasteiger partial charge on any atom is 0.327 e. The van der Waals surface area contributed by atoms with Gasteiger partial charge in [0.1, 0.15) is 31.4 Å². The molecule has 3 rings (SSSR count). The molecule has 0 aromatic rings. The minimum atomic E-state index is -1.11. The fourth-order valence-electron chi connectivity index (χ4n) is 4.05. The van der Waals surface area contributed by atoms with E-state index in [4.69, 9.17) is 4.74 Å². The standard InChI is InChI=1S/C22H28FN3O6S/c1-3-12(2)17(24-16(27)10-32-8-7-23)20(28)25-18-14-11-33-9-6-13-4-5-15(22(30)31)26(19(13)14)21(18)29/h4,6,9,12,15,17-18H,3,5,7-8,10-11H2,1-2H3,(H,24,27)(H,25,28)(H,30,31)/t12?,15-,17?,18+/m0/s1. The second kappa shape index (κ2) is 11.0. The number of aliphatic carboxylic acids is 1. The van der Waals surface area contributed by atoms with Gasteiger partial charge in [0.2, 0.25) is 11.8 Å². The fraction of sp³-hybridized carbons (Fsp3) is 0.545. The average molecular weight is 482 g/mol. The molecule has 3 aliphatic rings. The van der Waals surface area contributed by atoms with Crippen molar-refractivity contribution in [2.75, 3.05) is 25.6 Å². The molecule has 0 saturated heterocycles. The third-order valence-corrected chi connectivity index (χ3v) is 6.75. The van der Waals surface area contributed by atoms with Gasteiger partial charge >= 0.3 is 5.97 Å². The summed E-state index contributed by atoms with van der Waals surface area (Å²) in [5, 5.41) is 16.9. The van der Waals surface area contributed by atoms with Gasteiger partial charge in [-0.15, -0.1) is 11.8 Å². The number of nitrogens with one attached hydrogen (secondary N) is 2. The first-order valence-corrected chi connectivity index (χ1v) is 11.9. The number of carboxylic acids is 1. The van der Waals surface area contributed by atoms with Gasteiger partial charge in [0.15, 0.2) is 0 Å². The molecule has 33 heavy (non-hydrogen) atoms. The molecule has 0 aromatic heterocycles. The number of amides is 3. The average Bonchev–Trinajstić information content (AvgIpc) is 2.93. The van der Waals surface area contributed by atoms with Crippen LogP contribution in [0.1, 0.15) is 26.7 Å². The number of carbonyl (C=O) groups is 4. The number of nitrogens with zero attached hydrogens (tertiary/aromatic N) is 1. The highest BCUT2D eigenvalue weighted by Crippen LogP contribution is 2.40. The molecule has 3 heterocycles. The summed E-state index contributed by atoms with van der Waals surface area (Å²) < 4.78 is 17.1. The highest BCUT2D eigenvalue weighted by molar-refractivity contribution is 8.02. The Bertz CT molecular complexity index is 918. The second-order valence-corrected chi connectivity index (χ2v) is 8.95. The Morgan fingerprint density at radius 2 is 2.15 bits per heavy atom. The maximum atomic E-state index is 13.3. The highest BCUT2D eigenvalue weighted by Gasteiger charge is 2.48. The third-order valence-electron chi connectivity index (χ3n) is 5.94. The van der Waals surface area contributed by atoms with Gasteiger partial charge in [-0.1, -0.05) is 26.3 Å². The van der Waals surface area contributed by atoms with E-state index in [1.165, 1.54) is 16.7 Å². The molecule has 0 fully saturated rings. The summed E-state index contributed by atoms with van der Waals surface area (Å²) in [6.45, 7) is 2.34. The van der Waals surface area contributed by atoms with Crippen LogP contribution in [0.4, 0.5) is 4.39 Å². The minimum Gasteiger partial charge on any atom is -0.480 e. The highest BCUT2D eigenvalue weighted by atomic mass is 32.2. The van der Waals surface area contributed by atoms with E-state index in [1.807, 2.05) is 18.4 Å². The van der Waals surface area contributed by atoms with E-state index in [0.29, 0.717) is 23.4 Å². The van der Waals surface area contributed by atoms with Gasteiger partial charge in [0.25, 0.3) is 5.91 Å². The van der Waals surface area contributed by atoms with Crippen LogP contribution in [0.2, 0.25) is 0 Å². The summed E-state index contributed by atoms with van der Waals surface area (Å²) in [6.07, 6.45) is 4.39. The number of allylic oxidation sites excluding steroid dienone is 1. The smallest absolute Gasteiger partial charge is 0.327 e. The van der Waals surface area contributed by atoms with E-state index in [0.717, 1.165) is 5.57 Å². The van der Waals surface area contributed by atoms with Crippen molar-refractivity contribution in [3.63, 3.8) is 0 Å². The van der Waals surface area contributed by atoms with Gasteiger partial charge in [-0.2, -0.15) is 0 Å². The summed E-state index contributed by atoms with van der Waals surface area (Å²) in [6, 6.07) is -2.99. The van der Waals surface area contributed by atoms with Gasteiger partial charge in [-0.3, -0.25) is 19.3 Å². The monoisotopic (exact) mass is 481 g/mol. The Morgan fingerprint density at radius 1 is 1.39 bits per heavy atom.